The second kappa shape index (κ2) is 9.49. The minimum Gasteiger partial charge on any atom is -0.489 e. The zero-order valence-electron chi connectivity index (χ0n) is 16.2. The molecular formula is C22H21Cl2NO5. The van der Waals surface area contributed by atoms with Crippen LogP contribution in [-0.2, 0) is 9.59 Å². The summed E-state index contributed by atoms with van der Waals surface area (Å²) in [6.45, 7) is 1.42. The molecular weight excluding hydrogens is 429 g/mol. The van der Waals surface area contributed by atoms with E-state index in [4.69, 9.17) is 33.0 Å². The molecule has 6 nitrogen and oxygen atoms in total. The number of benzene rings is 2. The lowest BCUT2D eigenvalue weighted by Gasteiger charge is -2.17. The van der Waals surface area contributed by atoms with Crippen molar-refractivity contribution in [2.24, 2.45) is 5.92 Å². The van der Waals surface area contributed by atoms with Crippen molar-refractivity contribution in [3.8, 4) is 5.75 Å². The number of ketones is 1. The Morgan fingerprint density at radius 1 is 1.07 bits per heavy atom. The molecule has 1 unspecified atom stereocenters. The van der Waals surface area contributed by atoms with Crippen molar-refractivity contribution in [3.05, 3.63) is 63.6 Å². The number of carbonyl (C=O) groups is 3. The van der Waals surface area contributed by atoms with Gasteiger partial charge in [0.1, 0.15) is 16.8 Å². The molecule has 30 heavy (non-hydrogen) atoms. The van der Waals surface area contributed by atoms with Crippen molar-refractivity contribution < 1.29 is 24.2 Å². The quantitative estimate of drug-likeness (QED) is 0.612. The maximum absolute atomic E-state index is 12.7. The SMILES string of the molecule is CC(NC(=O)[C@H]1CC[C@H](Oc2ccc(C(=O)c3ccccc3)c(Cl)c2Cl)C1)C(=O)O. The third-order valence-corrected chi connectivity index (χ3v) is 5.97. The van der Waals surface area contributed by atoms with E-state index in [0.29, 0.717) is 30.6 Å². The van der Waals surface area contributed by atoms with Crippen LogP contribution in [-0.4, -0.2) is 34.9 Å². The van der Waals surface area contributed by atoms with Crippen molar-refractivity contribution in [3.63, 3.8) is 0 Å². The van der Waals surface area contributed by atoms with E-state index in [9.17, 15) is 14.4 Å². The van der Waals surface area contributed by atoms with E-state index in [1.165, 1.54) is 6.92 Å². The summed E-state index contributed by atoms with van der Waals surface area (Å²) in [6.07, 6.45) is 1.39. The molecule has 2 N–H and O–H groups in total. The van der Waals surface area contributed by atoms with Crippen molar-refractivity contribution >= 4 is 40.9 Å². The summed E-state index contributed by atoms with van der Waals surface area (Å²) >= 11 is 12.7. The predicted molar refractivity (Wildman–Crippen MR) is 113 cm³/mol. The highest BCUT2D eigenvalue weighted by atomic mass is 35.5. The molecule has 3 atom stereocenters. The summed E-state index contributed by atoms with van der Waals surface area (Å²) in [6, 6.07) is 11.0. The largest absolute Gasteiger partial charge is 0.489 e. The Labute approximate surface area is 184 Å². The summed E-state index contributed by atoms with van der Waals surface area (Å²) in [7, 11) is 0. The first-order valence-electron chi connectivity index (χ1n) is 9.55. The van der Waals surface area contributed by atoms with Crippen molar-refractivity contribution in [2.75, 3.05) is 0 Å². The molecule has 2 aromatic carbocycles. The number of rotatable bonds is 7. The second-order valence-corrected chi connectivity index (χ2v) is 8.01. The molecule has 1 aliphatic rings. The fourth-order valence-electron chi connectivity index (χ4n) is 3.40. The van der Waals surface area contributed by atoms with Gasteiger partial charge in [-0.05, 0) is 38.3 Å². The van der Waals surface area contributed by atoms with Gasteiger partial charge in [0, 0.05) is 17.0 Å². The van der Waals surface area contributed by atoms with E-state index in [-0.39, 0.29) is 39.3 Å². The molecule has 0 bridgehead atoms. The molecule has 0 saturated heterocycles. The lowest BCUT2D eigenvalue weighted by atomic mass is 10.0. The molecule has 0 heterocycles. The van der Waals surface area contributed by atoms with Crippen LogP contribution < -0.4 is 10.1 Å². The molecule has 3 rings (SSSR count). The first-order valence-corrected chi connectivity index (χ1v) is 10.3. The van der Waals surface area contributed by atoms with E-state index < -0.39 is 12.0 Å². The Morgan fingerprint density at radius 2 is 1.77 bits per heavy atom. The molecule has 1 fully saturated rings. The molecule has 158 valence electrons. The van der Waals surface area contributed by atoms with E-state index >= 15 is 0 Å². The van der Waals surface area contributed by atoms with Gasteiger partial charge in [0.15, 0.2) is 5.78 Å². The molecule has 0 spiro atoms. The number of amides is 1. The number of nitrogens with one attached hydrogen (secondary N) is 1. The van der Waals surface area contributed by atoms with Crippen LogP contribution in [0.25, 0.3) is 0 Å². The highest BCUT2D eigenvalue weighted by Crippen LogP contribution is 2.38. The number of hydrogen-bond donors (Lipinski definition) is 2. The van der Waals surface area contributed by atoms with Crippen molar-refractivity contribution in [2.45, 2.75) is 38.3 Å². The highest BCUT2D eigenvalue weighted by molar-refractivity contribution is 6.45. The topological polar surface area (TPSA) is 92.7 Å². The summed E-state index contributed by atoms with van der Waals surface area (Å²) in [5.41, 5.74) is 0.788. The van der Waals surface area contributed by atoms with Gasteiger partial charge >= 0.3 is 5.97 Å². The zero-order chi connectivity index (χ0) is 21.8. The zero-order valence-corrected chi connectivity index (χ0v) is 17.7. The molecule has 0 aromatic heterocycles. The van der Waals surface area contributed by atoms with Crippen LogP contribution in [0.2, 0.25) is 10.0 Å². The monoisotopic (exact) mass is 449 g/mol. The Kier molecular flexibility index (Phi) is 7.00. The van der Waals surface area contributed by atoms with Gasteiger partial charge in [0.2, 0.25) is 5.91 Å². The number of carboxylic acids is 1. The summed E-state index contributed by atoms with van der Waals surface area (Å²) in [5.74, 6) is -1.61. The standard InChI is InChI=1S/C22H21Cl2NO5/c1-12(22(28)29)25-21(27)14-7-8-15(11-14)30-17-10-9-16(18(23)19(17)24)20(26)13-5-3-2-4-6-13/h2-6,9-10,12,14-15H,7-8,11H2,1H3,(H,25,27)(H,28,29)/t12?,14-,15-/m0/s1. The lowest BCUT2D eigenvalue weighted by Crippen LogP contribution is -2.41. The van der Waals surface area contributed by atoms with Crippen LogP contribution in [0.1, 0.15) is 42.1 Å². The van der Waals surface area contributed by atoms with Crippen LogP contribution in [0.5, 0.6) is 5.75 Å². The molecule has 1 amide bonds. The van der Waals surface area contributed by atoms with Crippen molar-refractivity contribution in [1.29, 1.82) is 0 Å². The third kappa shape index (κ3) is 4.94. The van der Waals surface area contributed by atoms with Gasteiger partial charge in [0.05, 0.1) is 11.1 Å². The van der Waals surface area contributed by atoms with E-state index in [2.05, 4.69) is 5.32 Å². The van der Waals surface area contributed by atoms with Gasteiger partial charge in [-0.25, -0.2) is 0 Å². The smallest absolute Gasteiger partial charge is 0.325 e. The summed E-state index contributed by atoms with van der Waals surface area (Å²) < 4.78 is 5.94. The number of carboxylic acid groups (broad SMARTS) is 1. The predicted octanol–water partition coefficient (Wildman–Crippen LogP) is 4.36. The van der Waals surface area contributed by atoms with Crippen LogP contribution in [0, 0.1) is 5.92 Å². The Bertz CT molecular complexity index is 964. The Hall–Kier alpha value is -2.57. The molecule has 0 aliphatic heterocycles. The van der Waals surface area contributed by atoms with E-state index in [1.54, 1.807) is 36.4 Å². The minimum absolute atomic E-state index is 0.116. The van der Waals surface area contributed by atoms with Gasteiger partial charge in [-0.15, -0.1) is 0 Å². The second-order valence-electron chi connectivity index (χ2n) is 7.25. The van der Waals surface area contributed by atoms with Gasteiger partial charge in [-0.3, -0.25) is 14.4 Å². The molecule has 2 aromatic rings. The third-order valence-electron chi connectivity index (χ3n) is 5.11. The van der Waals surface area contributed by atoms with Crippen LogP contribution in [0.4, 0.5) is 0 Å². The number of hydrogen-bond acceptors (Lipinski definition) is 4. The minimum atomic E-state index is -1.08. The molecule has 8 heteroatoms. The maximum Gasteiger partial charge on any atom is 0.325 e. The van der Waals surface area contributed by atoms with Gasteiger partial charge in [0.25, 0.3) is 0 Å². The average Bonchev–Trinajstić information content (AvgIpc) is 3.20. The Morgan fingerprint density at radius 3 is 2.43 bits per heavy atom. The number of aliphatic carboxylic acids is 1. The van der Waals surface area contributed by atoms with Gasteiger partial charge in [-0.2, -0.15) is 0 Å². The number of halogens is 2. The van der Waals surface area contributed by atoms with Gasteiger partial charge < -0.3 is 15.2 Å². The van der Waals surface area contributed by atoms with E-state index in [0.717, 1.165) is 0 Å². The van der Waals surface area contributed by atoms with E-state index in [1.807, 2.05) is 6.07 Å². The summed E-state index contributed by atoms with van der Waals surface area (Å²) in [5, 5.41) is 11.7. The lowest BCUT2D eigenvalue weighted by molar-refractivity contribution is -0.141. The molecule has 1 saturated carbocycles. The molecule has 1 aliphatic carbocycles. The maximum atomic E-state index is 12.7. The molecule has 0 radical (unpaired) electrons. The fourth-order valence-corrected chi connectivity index (χ4v) is 3.85. The first kappa shape index (κ1) is 22.1. The highest BCUT2D eigenvalue weighted by Gasteiger charge is 2.33. The number of ether oxygens (including phenoxy) is 1. The number of carbonyl (C=O) groups excluding carboxylic acids is 2. The van der Waals surface area contributed by atoms with Crippen LogP contribution in [0.3, 0.4) is 0 Å². The first-order chi connectivity index (χ1) is 14.3. The average molecular weight is 450 g/mol. The van der Waals surface area contributed by atoms with Crippen LogP contribution >= 0.6 is 23.2 Å². The Balaban J connectivity index is 1.67. The fraction of sp³-hybridized carbons (Fsp3) is 0.318. The summed E-state index contributed by atoms with van der Waals surface area (Å²) in [4.78, 5) is 35.8. The van der Waals surface area contributed by atoms with Gasteiger partial charge in [-0.1, -0.05) is 53.5 Å². The normalized spacial score (nSPS) is 19.2. The van der Waals surface area contributed by atoms with Crippen LogP contribution in [0.15, 0.2) is 42.5 Å². The van der Waals surface area contributed by atoms with Crippen molar-refractivity contribution in [1.82, 2.24) is 5.32 Å².